The van der Waals surface area contributed by atoms with Gasteiger partial charge in [-0.15, -0.1) is 0 Å². The molecule has 1 aromatic rings. The highest BCUT2D eigenvalue weighted by Crippen LogP contribution is 2.32. The smallest absolute Gasteiger partial charge is 0.298 e. The van der Waals surface area contributed by atoms with Gasteiger partial charge in [0.25, 0.3) is 0 Å². The van der Waals surface area contributed by atoms with Crippen molar-refractivity contribution < 1.29 is 26.4 Å². The predicted molar refractivity (Wildman–Crippen MR) is 49.9 cm³/mol. The third-order valence-corrected chi connectivity index (χ3v) is 3.00. The van der Waals surface area contributed by atoms with Gasteiger partial charge in [0.1, 0.15) is 0 Å². The Morgan fingerprint density at radius 3 is 2.19 bits per heavy atom. The molecule has 0 saturated carbocycles. The van der Waals surface area contributed by atoms with E-state index in [1.165, 1.54) is 0 Å². The molecule has 1 aromatic carbocycles. The van der Waals surface area contributed by atoms with Crippen molar-refractivity contribution in [3.8, 4) is 0 Å². The maximum Gasteiger partial charge on any atom is 0.417 e. The first-order chi connectivity index (χ1) is 7.16. The van der Waals surface area contributed by atoms with Crippen LogP contribution in [-0.4, -0.2) is 21.0 Å². The van der Waals surface area contributed by atoms with Gasteiger partial charge in [-0.2, -0.15) is 13.2 Å². The van der Waals surface area contributed by atoms with Crippen LogP contribution in [0.3, 0.4) is 0 Å². The van der Waals surface area contributed by atoms with Crippen LogP contribution in [-0.2, 0) is 16.0 Å². The molecule has 0 atom stereocenters. The summed E-state index contributed by atoms with van der Waals surface area (Å²) in [6.45, 7) is 0. The number of benzene rings is 1. The van der Waals surface area contributed by atoms with E-state index in [2.05, 4.69) is 0 Å². The average molecular weight is 252 g/mol. The van der Waals surface area contributed by atoms with Gasteiger partial charge >= 0.3 is 6.18 Å². The van der Waals surface area contributed by atoms with Gasteiger partial charge < -0.3 is 0 Å². The second kappa shape index (κ2) is 3.89. The van der Waals surface area contributed by atoms with E-state index in [0.717, 1.165) is 18.4 Å². The maximum absolute atomic E-state index is 12.4. The molecule has 0 amide bonds. The summed E-state index contributed by atoms with van der Waals surface area (Å²) in [4.78, 5) is 9.92. The number of hydrogen-bond acceptors (Lipinski definition) is 3. The van der Waals surface area contributed by atoms with E-state index in [0.29, 0.717) is 6.07 Å². The molecular weight excluding hydrogens is 245 g/mol. The molecule has 0 unspecified atom stereocenters. The Morgan fingerprint density at radius 1 is 1.25 bits per heavy atom. The number of carbonyl (C=O) groups is 1. The SMILES string of the molecule is CS(=O)(=O)c1ccc(C=O)c(C(F)(F)F)c1. The molecule has 0 N–H and O–H groups in total. The van der Waals surface area contributed by atoms with Crippen LogP contribution in [0.2, 0.25) is 0 Å². The summed E-state index contributed by atoms with van der Waals surface area (Å²) >= 11 is 0. The maximum atomic E-state index is 12.4. The highest BCUT2D eigenvalue weighted by atomic mass is 32.2. The van der Waals surface area contributed by atoms with Gasteiger partial charge in [-0.3, -0.25) is 4.79 Å². The lowest BCUT2D eigenvalue weighted by Crippen LogP contribution is -2.10. The zero-order valence-corrected chi connectivity index (χ0v) is 8.89. The zero-order valence-electron chi connectivity index (χ0n) is 8.08. The van der Waals surface area contributed by atoms with Crippen molar-refractivity contribution in [2.24, 2.45) is 0 Å². The highest BCUT2D eigenvalue weighted by Gasteiger charge is 2.34. The van der Waals surface area contributed by atoms with Crippen LogP contribution in [0.15, 0.2) is 23.1 Å². The Labute approximate surface area is 89.8 Å². The molecule has 3 nitrogen and oxygen atoms in total. The van der Waals surface area contributed by atoms with Gasteiger partial charge in [0.15, 0.2) is 16.1 Å². The topological polar surface area (TPSA) is 51.2 Å². The molecule has 1 rings (SSSR count). The van der Waals surface area contributed by atoms with E-state index in [-0.39, 0.29) is 6.29 Å². The second-order valence-electron chi connectivity index (χ2n) is 3.14. The summed E-state index contributed by atoms with van der Waals surface area (Å²) in [7, 11) is -3.73. The Balaban J connectivity index is 3.51. The molecule has 16 heavy (non-hydrogen) atoms. The summed E-state index contributed by atoms with van der Waals surface area (Å²) in [5.74, 6) is 0. The number of sulfone groups is 1. The number of rotatable bonds is 2. The normalized spacial score (nSPS) is 12.5. The fourth-order valence-corrected chi connectivity index (χ4v) is 1.76. The minimum atomic E-state index is -4.75. The van der Waals surface area contributed by atoms with E-state index in [1.807, 2.05) is 0 Å². The van der Waals surface area contributed by atoms with E-state index < -0.39 is 32.0 Å². The predicted octanol–water partition coefficient (Wildman–Crippen LogP) is 1.92. The summed E-state index contributed by atoms with van der Waals surface area (Å²) < 4.78 is 59.5. The average Bonchev–Trinajstić information content (AvgIpc) is 2.14. The summed E-state index contributed by atoms with van der Waals surface area (Å²) in [6, 6.07) is 2.26. The first-order valence-corrected chi connectivity index (χ1v) is 5.92. The van der Waals surface area contributed by atoms with Gasteiger partial charge in [0.05, 0.1) is 10.5 Å². The quantitative estimate of drug-likeness (QED) is 0.755. The molecule has 0 bridgehead atoms. The van der Waals surface area contributed by atoms with E-state index in [1.54, 1.807) is 0 Å². The molecule has 0 fully saturated rings. The highest BCUT2D eigenvalue weighted by molar-refractivity contribution is 7.90. The molecule has 0 aliphatic rings. The van der Waals surface area contributed by atoms with Gasteiger partial charge in [0.2, 0.25) is 0 Å². The van der Waals surface area contributed by atoms with Crippen LogP contribution in [0.1, 0.15) is 15.9 Å². The van der Waals surface area contributed by atoms with Crippen LogP contribution >= 0.6 is 0 Å². The Morgan fingerprint density at radius 2 is 1.81 bits per heavy atom. The van der Waals surface area contributed by atoms with E-state index >= 15 is 0 Å². The van der Waals surface area contributed by atoms with Crippen molar-refractivity contribution in [1.82, 2.24) is 0 Å². The van der Waals surface area contributed by atoms with Crippen LogP contribution in [0.5, 0.6) is 0 Å². The molecular formula is C9H7F3O3S. The largest absolute Gasteiger partial charge is 0.417 e. The Hall–Kier alpha value is -1.37. The summed E-state index contributed by atoms with van der Waals surface area (Å²) in [5.41, 5.74) is -1.83. The van der Waals surface area contributed by atoms with Crippen LogP contribution in [0, 0.1) is 0 Å². The van der Waals surface area contributed by atoms with Crippen molar-refractivity contribution in [1.29, 1.82) is 0 Å². The van der Waals surface area contributed by atoms with Crippen LogP contribution < -0.4 is 0 Å². The van der Waals surface area contributed by atoms with Crippen molar-refractivity contribution in [2.45, 2.75) is 11.1 Å². The lowest BCUT2D eigenvalue weighted by Gasteiger charge is -2.10. The monoisotopic (exact) mass is 252 g/mol. The van der Waals surface area contributed by atoms with Gasteiger partial charge in [-0.1, -0.05) is 0 Å². The molecule has 0 heterocycles. The standard InChI is InChI=1S/C9H7F3O3S/c1-16(14,15)7-3-2-6(5-13)8(4-7)9(10,11)12/h2-5H,1H3. The fourth-order valence-electron chi connectivity index (χ4n) is 1.11. The van der Waals surface area contributed by atoms with Gasteiger partial charge in [-0.05, 0) is 18.2 Å². The van der Waals surface area contributed by atoms with Crippen LogP contribution in [0.4, 0.5) is 13.2 Å². The molecule has 0 radical (unpaired) electrons. The minimum Gasteiger partial charge on any atom is -0.298 e. The molecule has 0 spiro atoms. The lowest BCUT2D eigenvalue weighted by molar-refractivity contribution is -0.138. The molecule has 0 aliphatic carbocycles. The first-order valence-electron chi connectivity index (χ1n) is 4.03. The number of carbonyl (C=O) groups excluding carboxylic acids is 1. The lowest BCUT2D eigenvalue weighted by atomic mass is 10.1. The van der Waals surface area contributed by atoms with Crippen molar-refractivity contribution in [2.75, 3.05) is 6.26 Å². The summed E-state index contributed by atoms with van der Waals surface area (Å²) in [6.07, 6.45) is -3.92. The van der Waals surface area contributed by atoms with Gasteiger partial charge in [-0.25, -0.2) is 8.42 Å². The third-order valence-electron chi connectivity index (χ3n) is 1.89. The number of halogens is 3. The number of hydrogen-bond donors (Lipinski definition) is 0. The van der Waals surface area contributed by atoms with Crippen molar-refractivity contribution >= 4 is 16.1 Å². The second-order valence-corrected chi connectivity index (χ2v) is 5.15. The number of aldehydes is 1. The first kappa shape index (κ1) is 12.7. The van der Waals surface area contributed by atoms with Crippen molar-refractivity contribution in [3.63, 3.8) is 0 Å². The van der Waals surface area contributed by atoms with Crippen molar-refractivity contribution in [3.05, 3.63) is 29.3 Å². The Bertz CT molecular complexity index is 517. The molecule has 0 saturated heterocycles. The van der Waals surface area contributed by atoms with Gasteiger partial charge in [0, 0.05) is 11.8 Å². The molecule has 0 aromatic heterocycles. The molecule has 0 aliphatic heterocycles. The van der Waals surface area contributed by atoms with Crippen LogP contribution in [0.25, 0.3) is 0 Å². The molecule has 88 valence electrons. The summed E-state index contributed by atoms with van der Waals surface area (Å²) in [5, 5.41) is 0. The van der Waals surface area contributed by atoms with E-state index in [4.69, 9.17) is 0 Å². The Kier molecular flexibility index (Phi) is 3.09. The zero-order chi connectivity index (χ0) is 12.6. The minimum absolute atomic E-state index is 0.0366. The molecule has 7 heteroatoms. The number of alkyl halides is 3. The third kappa shape index (κ3) is 2.60. The fraction of sp³-hybridized carbons (Fsp3) is 0.222. The van der Waals surface area contributed by atoms with E-state index in [9.17, 15) is 26.4 Å².